The molecule has 0 saturated heterocycles. The monoisotopic (exact) mass is 480 g/mol. The molecule has 0 spiro atoms. The SMILES string of the molecule is CC(C)(C)c1cc(C[NH2+]CCC[NH2+]Cc2cc(C(C)(C)C)cc(C(C)(C)C)c2)cc(C(C)(C)C)c1. The summed E-state index contributed by atoms with van der Waals surface area (Å²) in [6.07, 6.45) is 1.23. The number of rotatable bonds is 8. The Morgan fingerprint density at radius 3 is 0.914 bits per heavy atom. The van der Waals surface area contributed by atoms with Crippen LogP contribution >= 0.6 is 0 Å². The first-order chi connectivity index (χ1) is 15.9. The van der Waals surface area contributed by atoms with E-state index in [1.807, 2.05) is 0 Å². The van der Waals surface area contributed by atoms with Crippen molar-refractivity contribution in [3.8, 4) is 0 Å². The summed E-state index contributed by atoms with van der Waals surface area (Å²) in [4.78, 5) is 0. The fourth-order valence-electron chi connectivity index (χ4n) is 4.30. The Balaban J connectivity index is 1.90. The van der Waals surface area contributed by atoms with E-state index in [1.165, 1.54) is 52.9 Å². The summed E-state index contributed by atoms with van der Waals surface area (Å²) in [5.74, 6) is 0. The average Bonchev–Trinajstić information content (AvgIpc) is 2.70. The predicted molar refractivity (Wildman–Crippen MR) is 153 cm³/mol. The van der Waals surface area contributed by atoms with Crippen LogP contribution in [-0.2, 0) is 34.7 Å². The molecule has 35 heavy (non-hydrogen) atoms. The Hall–Kier alpha value is -1.64. The molecule has 0 fully saturated rings. The lowest BCUT2D eigenvalue weighted by atomic mass is 9.79. The van der Waals surface area contributed by atoms with Crippen molar-refractivity contribution >= 4 is 0 Å². The molecule has 0 saturated carbocycles. The molecule has 0 aliphatic rings. The van der Waals surface area contributed by atoms with Gasteiger partial charge in [-0.2, -0.15) is 0 Å². The molecule has 0 atom stereocenters. The maximum Gasteiger partial charge on any atom is 0.101 e. The molecule has 2 nitrogen and oxygen atoms in total. The minimum Gasteiger partial charge on any atom is -0.342 e. The highest BCUT2D eigenvalue weighted by Gasteiger charge is 2.22. The highest BCUT2D eigenvalue weighted by atomic mass is 14.9. The van der Waals surface area contributed by atoms with Gasteiger partial charge in [-0.05, 0) is 68.2 Å². The van der Waals surface area contributed by atoms with Gasteiger partial charge in [0.15, 0.2) is 0 Å². The van der Waals surface area contributed by atoms with Crippen LogP contribution in [0.3, 0.4) is 0 Å². The lowest BCUT2D eigenvalue weighted by Crippen LogP contribution is -2.86. The van der Waals surface area contributed by atoms with Gasteiger partial charge in [0.2, 0.25) is 0 Å². The Kier molecular flexibility index (Phi) is 9.45. The molecule has 0 bridgehead atoms. The minimum atomic E-state index is 0.183. The Labute approximate surface area is 217 Å². The second-order valence-corrected chi connectivity index (χ2v) is 14.8. The molecule has 0 aromatic heterocycles. The second kappa shape index (κ2) is 11.2. The van der Waals surface area contributed by atoms with Crippen LogP contribution in [0.5, 0.6) is 0 Å². The lowest BCUT2D eigenvalue weighted by molar-refractivity contribution is -0.695. The number of nitrogens with two attached hydrogens (primary N) is 2. The van der Waals surface area contributed by atoms with Gasteiger partial charge in [-0.15, -0.1) is 0 Å². The summed E-state index contributed by atoms with van der Waals surface area (Å²) in [6.45, 7) is 32.3. The van der Waals surface area contributed by atoms with Crippen LogP contribution in [0.1, 0.15) is 123 Å². The molecule has 2 heteroatoms. The highest BCUT2D eigenvalue weighted by Crippen LogP contribution is 2.31. The van der Waals surface area contributed by atoms with E-state index >= 15 is 0 Å². The van der Waals surface area contributed by atoms with E-state index in [9.17, 15) is 0 Å². The van der Waals surface area contributed by atoms with E-state index < -0.39 is 0 Å². The maximum absolute atomic E-state index is 2.49. The van der Waals surface area contributed by atoms with Crippen LogP contribution < -0.4 is 10.6 Å². The van der Waals surface area contributed by atoms with Gasteiger partial charge in [-0.3, -0.25) is 0 Å². The highest BCUT2D eigenvalue weighted by molar-refractivity contribution is 5.38. The molecule has 0 radical (unpaired) electrons. The molecular weight excluding hydrogens is 424 g/mol. The van der Waals surface area contributed by atoms with Crippen molar-refractivity contribution in [2.45, 2.75) is 124 Å². The number of hydrogen-bond donors (Lipinski definition) is 2. The molecule has 0 aliphatic carbocycles. The molecule has 0 unspecified atom stereocenters. The van der Waals surface area contributed by atoms with Crippen LogP contribution in [0.2, 0.25) is 0 Å². The van der Waals surface area contributed by atoms with Crippen LogP contribution in [0.25, 0.3) is 0 Å². The maximum atomic E-state index is 2.49. The molecule has 0 aliphatic heterocycles. The zero-order valence-electron chi connectivity index (χ0n) is 25.2. The van der Waals surface area contributed by atoms with Crippen molar-refractivity contribution in [3.63, 3.8) is 0 Å². The minimum absolute atomic E-state index is 0.183. The Bertz CT molecular complexity index is 813. The smallest absolute Gasteiger partial charge is 0.101 e. The summed E-state index contributed by atoms with van der Waals surface area (Å²) < 4.78 is 0. The van der Waals surface area contributed by atoms with Gasteiger partial charge in [0.25, 0.3) is 0 Å². The molecule has 0 amide bonds. The molecule has 2 aromatic rings. The standard InChI is InChI=1S/C33H54N2/c1-30(2,3)26-16-24(17-27(20-26)31(4,5)6)22-34-14-13-15-35-23-25-18-28(32(7,8)9)21-29(19-25)33(10,11)12/h16-21,34-35H,13-15,22-23H2,1-12H3/p+2. The van der Waals surface area contributed by atoms with E-state index in [0.29, 0.717) is 0 Å². The average molecular weight is 481 g/mol. The van der Waals surface area contributed by atoms with E-state index in [4.69, 9.17) is 0 Å². The first-order valence-electron chi connectivity index (χ1n) is 13.8. The summed E-state index contributed by atoms with van der Waals surface area (Å²) in [5.41, 5.74) is 9.46. The van der Waals surface area contributed by atoms with Gasteiger partial charge in [-0.25, -0.2) is 0 Å². The molecule has 196 valence electrons. The molecule has 2 aromatic carbocycles. The summed E-state index contributed by atoms with van der Waals surface area (Å²) in [5, 5.41) is 4.97. The van der Waals surface area contributed by atoms with Crippen LogP contribution in [-0.4, -0.2) is 13.1 Å². The third-order valence-corrected chi connectivity index (χ3v) is 7.03. The van der Waals surface area contributed by atoms with Crippen molar-refractivity contribution in [2.24, 2.45) is 0 Å². The van der Waals surface area contributed by atoms with Crippen molar-refractivity contribution < 1.29 is 10.6 Å². The third kappa shape index (κ3) is 9.39. The van der Waals surface area contributed by atoms with Crippen LogP contribution in [0.15, 0.2) is 36.4 Å². The third-order valence-electron chi connectivity index (χ3n) is 7.03. The quantitative estimate of drug-likeness (QED) is 0.429. The number of quaternary nitrogens is 2. The normalized spacial score (nSPS) is 13.4. The van der Waals surface area contributed by atoms with Crippen molar-refractivity contribution in [3.05, 3.63) is 69.8 Å². The molecule has 0 heterocycles. The van der Waals surface area contributed by atoms with E-state index in [1.54, 1.807) is 0 Å². The van der Waals surface area contributed by atoms with Gasteiger partial charge in [0.05, 0.1) is 13.1 Å². The van der Waals surface area contributed by atoms with Crippen LogP contribution in [0, 0.1) is 0 Å². The van der Waals surface area contributed by atoms with Gasteiger partial charge < -0.3 is 10.6 Å². The van der Waals surface area contributed by atoms with Crippen LogP contribution in [0.4, 0.5) is 0 Å². The Morgan fingerprint density at radius 2 is 0.686 bits per heavy atom. The Morgan fingerprint density at radius 1 is 0.429 bits per heavy atom. The summed E-state index contributed by atoms with van der Waals surface area (Å²) >= 11 is 0. The number of hydrogen-bond acceptors (Lipinski definition) is 0. The van der Waals surface area contributed by atoms with Gasteiger partial charge in [0, 0.05) is 17.5 Å². The zero-order chi connectivity index (χ0) is 26.7. The van der Waals surface area contributed by atoms with Gasteiger partial charge in [0.1, 0.15) is 13.1 Å². The lowest BCUT2D eigenvalue weighted by Gasteiger charge is -2.26. The second-order valence-electron chi connectivity index (χ2n) is 14.8. The number of benzene rings is 2. The van der Waals surface area contributed by atoms with Crippen molar-refractivity contribution in [1.29, 1.82) is 0 Å². The largest absolute Gasteiger partial charge is 0.342 e. The van der Waals surface area contributed by atoms with Gasteiger partial charge >= 0.3 is 0 Å². The molecular formula is C33H56N2+2. The van der Waals surface area contributed by atoms with E-state index in [-0.39, 0.29) is 21.7 Å². The summed E-state index contributed by atoms with van der Waals surface area (Å²) in [6, 6.07) is 14.5. The molecule has 4 N–H and O–H groups in total. The topological polar surface area (TPSA) is 33.2 Å². The van der Waals surface area contributed by atoms with Gasteiger partial charge in [-0.1, -0.05) is 95.2 Å². The van der Waals surface area contributed by atoms with E-state index in [2.05, 4.69) is 130 Å². The first kappa shape index (κ1) is 29.6. The fourth-order valence-corrected chi connectivity index (χ4v) is 4.30. The fraction of sp³-hybridized carbons (Fsp3) is 0.636. The predicted octanol–water partition coefficient (Wildman–Crippen LogP) is 6.09. The molecule has 2 rings (SSSR count). The first-order valence-corrected chi connectivity index (χ1v) is 13.8. The zero-order valence-corrected chi connectivity index (χ0v) is 25.2. The van der Waals surface area contributed by atoms with Crippen molar-refractivity contribution in [1.82, 2.24) is 0 Å². The summed E-state index contributed by atoms with van der Waals surface area (Å²) in [7, 11) is 0. The van der Waals surface area contributed by atoms with Crippen molar-refractivity contribution in [2.75, 3.05) is 13.1 Å². The van der Waals surface area contributed by atoms with E-state index in [0.717, 1.165) is 13.1 Å².